The maximum absolute atomic E-state index is 11.0. The summed E-state index contributed by atoms with van der Waals surface area (Å²) in [6.07, 6.45) is 3.52. The van der Waals surface area contributed by atoms with Crippen LogP contribution < -0.4 is 0 Å². The van der Waals surface area contributed by atoms with Gasteiger partial charge in [0, 0.05) is 32.1 Å². The maximum Gasteiger partial charge on any atom is 0.135 e. The molecular formula is C8H12N2OS. The lowest BCUT2D eigenvalue weighted by Crippen LogP contribution is -2.43. The minimum atomic E-state index is 0.405. The second-order valence-corrected chi connectivity index (χ2v) is 3.88. The van der Waals surface area contributed by atoms with Gasteiger partial charge in [0.15, 0.2) is 0 Å². The van der Waals surface area contributed by atoms with Gasteiger partial charge in [-0.2, -0.15) is 0 Å². The number of rotatable bonds is 1. The van der Waals surface area contributed by atoms with E-state index in [0.717, 1.165) is 31.8 Å². The van der Waals surface area contributed by atoms with Gasteiger partial charge in [-0.05, 0) is 5.41 Å². The molecule has 0 aliphatic carbocycles. The highest BCUT2D eigenvalue weighted by Crippen LogP contribution is 2.19. The van der Waals surface area contributed by atoms with E-state index in [1.54, 1.807) is 11.8 Å². The number of piperidine rings is 1. The Morgan fingerprint density at radius 2 is 2.08 bits per heavy atom. The smallest absolute Gasteiger partial charge is 0.135 e. The summed E-state index contributed by atoms with van der Waals surface area (Å²) >= 11 is 1.80. The van der Waals surface area contributed by atoms with Crippen LogP contribution in [0.3, 0.4) is 0 Å². The normalized spacial score (nSPS) is 25.3. The minimum Gasteiger partial charge on any atom is -0.302 e. The number of ketones is 1. The summed E-state index contributed by atoms with van der Waals surface area (Å²) in [6.45, 7) is 1.79. The van der Waals surface area contributed by atoms with Gasteiger partial charge in [0.05, 0.1) is 5.88 Å². The molecule has 3 nitrogen and oxygen atoms in total. The van der Waals surface area contributed by atoms with Crippen LogP contribution in [-0.4, -0.2) is 34.8 Å². The van der Waals surface area contributed by atoms with E-state index < -0.39 is 0 Å². The molecule has 0 spiro atoms. The molecule has 0 amide bonds. The number of thioether (sulfide) groups is 1. The molecule has 1 fully saturated rings. The number of hydrogen-bond acceptors (Lipinski definition) is 4. The summed E-state index contributed by atoms with van der Waals surface area (Å²) < 4.78 is 0. The Balaban J connectivity index is 1.88. The van der Waals surface area contributed by atoms with Crippen LogP contribution in [0.5, 0.6) is 0 Å². The number of nitrogens with zero attached hydrogens (tertiary/aromatic N) is 2. The van der Waals surface area contributed by atoms with Crippen molar-refractivity contribution >= 4 is 17.5 Å². The number of carbonyl (C=O) groups is 1. The third kappa shape index (κ3) is 1.64. The lowest BCUT2D eigenvalue weighted by atomic mass is 10.1. The van der Waals surface area contributed by atoms with E-state index in [0.29, 0.717) is 5.78 Å². The predicted molar refractivity (Wildman–Crippen MR) is 49.3 cm³/mol. The second-order valence-electron chi connectivity index (χ2n) is 3.01. The van der Waals surface area contributed by atoms with Gasteiger partial charge in [-0.1, -0.05) is 0 Å². The lowest BCUT2D eigenvalue weighted by Gasteiger charge is -2.33. The molecule has 2 rings (SSSR count). The largest absolute Gasteiger partial charge is 0.302 e. The molecule has 0 aromatic carbocycles. The highest BCUT2D eigenvalue weighted by molar-refractivity contribution is 8.02. The number of carbonyl (C=O) groups excluding carboxylic acids is 1. The summed E-state index contributed by atoms with van der Waals surface area (Å²) in [7, 11) is 0. The number of hydrogen-bond donors (Lipinski definition) is 0. The lowest BCUT2D eigenvalue weighted by molar-refractivity contribution is -0.124. The van der Waals surface area contributed by atoms with Crippen LogP contribution in [0.4, 0.5) is 0 Å². The third-order valence-corrected chi connectivity index (χ3v) is 2.92. The summed E-state index contributed by atoms with van der Waals surface area (Å²) in [6, 6.07) is 0. The first-order valence-corrected chi connectivity index (χ1v) is 5.22. The molecule has 0 aromatic rings. The number of hydrazine groups is 1. The highest BCUT2D eigenvalue weighted by Gasteiger charge is 2.20. The zero-order valence-corrected chi connectivity index (χ0v) is 7.72. The zero-order valence-electron chi connectivity index (χ0n) is 6.90. The Morgan fingerprint density at radius 1 is 1.33 bits per heavy atom. The fraction of sp³-hybridized carbons (Fsp3) is 0.625. The molecule has 0 saturated carbocycles. The molecule has 2 heterocycles. The van der Waals surface area contributed by atoms with E-state index in [1.165, 1.54) is 0 Å². The summed E-state index contributed by atoms with van der Waals surface area (Å²) in [5.41, 5.74) is 0. The van der Waals surface area contributed by atoms with E-state index in [9.17, 15) is 4.79 Å². The topological polar surface area (TPSA) is 23.6 Å². The first-order chi connectivity index (χ1) is 5.86. The van der Waals surface area contributed by atoms with Crippen molar-refractivity contribution in [3.05, 3.63) is 11.6 Å². The van der Waals surface area contributed by atoms with Gasteiger partial charge in [0.25, 0.3) is 0 Å². The third-order valence-electron chi connectivity index (χ3n) is 2.20. The van der Waals surface area contributed by atoms with Gasteiger partial charge >= 0.3 is 0 Å². The van der Waals surface area contributed by atoms with Crippen molar-refractivity contribution in [3.8, 4) is 0 Å². The zero-order chi connectivity index (χ0) is 8.39. The van der Waals surface area contributed by atoms with Gasteiger partial charge in [0.2, 0.25) is 0 Å². The van der Waals surface area contributed by atoms with Crippen LogP contribution in [0.2, 0.25) is 0 Å². The first-order valence-electron chi connectivity index (χ1n) is 4.18. The second kappa shape index (κ2) is 3.49. The molecule has 2 aliphatic heterocycles. The molecule has 66 valence electrons. The summed E-state index contributed by atoms with van der Waals surface area (Å²) in [5.74, 6) is 1.41. The van der Waals surface area contributed by atoms with Crippen molar-refractivity contribution in [1.82, 2.24) is 10.0 Å². The van der Waals surface area contributed by atoms with Crippen LogP contribution in [0, 0.1) is 0 Å². The molecule has 12 heavy (non-hydrogen) atoms. The van der Waals surface area contributed by atoms with E-state index >= 15 is 0 Å². The molecule has 0 atom stereocenters. The molecular weight excluding hydrogens is 172 g/mol. The van der Waals surface area contributed by atoms with Gasteiger partial charge in [0.1, 0.15) is 5.78 Å². The number of Topliss-reactive ketones (excluding diaryl/α,β-unsaturated/α-hetero) is 1. The predicted octanol–water partition coefficient (Wildman–Crippen LogP) is 1.04. The first kappa shape index (κ1) is 8.13. The van der Waals surface area contributed by atoms with E-state index in [1.807, 2.05) is 0 Å². The van der Waals surface area contributed by atoms with Crippen molar-refractivity contribution in [2.75, 3.05) is 19.0 Å². The van der Waals surface area contributed by atoms with Crippen molar-refractivity contribution in [2.45, 2.75) is 12.8 Å². The van der Waals surface area contributed by atoms with E-state index in [4.69, 9.17) is 0 Å². The van der Waals surface area contributed by atoms with Crippen molar-refractivity contribution in [1.29, 1.82) is 0 Å². The molecule has 0 unspecified atom stereocenters. The van der Waals surface area contributed by atoms with Gasteiger partial charge in [-0.3, -0.25) is 4.79 Å². The molecule has 0 bridgehead atoms. The van der Waals surface area contributed by atoms with E-state index in [2.05, 4.69) is 21.6 Å². The highest BCUT2D eigenvalue weighted by atomic mass is 32.2. The molecule has 0 radical (unpaired) electrons. The fourth-order valence-corrected chi connectivity index (χ4v) is 2.17. The minimum absolute atomic E-state index is 0.405. The quantitative estimate of drug-likeness (QED) is 0.607. The van der Waals surface area contributed by atoms with Crippen LogP contribution in [0.15, 0.2) is 11.6 Å². The Bertz CT molecular complexity index is 207. The average Bonchev–Trinajstić information content (AvgIpc) is 2.58. The van der Waals surface area contributed by atoms with Gasteiger partial charge in [-0.25, -0.2) is 5.01 Å². The van der Waals surface area contributed by atoms with E-state index in [-0.39, 0.29) is 0 Å². The summed E-state index contributed by atoms with van der Waals surface area (Å²) in [4.78, 5) is 11.0. The van der Waals surface area contributed by atoms with Gasteiger partial charge in [-0.15, -0.1) is 11.8 Å². The molecule has 4 heteroatoms. The molecule has 2 aliphatic rings. The van der Waals surface area contributed by atoms with Crippen molar-refractivity contribution < 1.29 is 4.79 Å². The Hall–Kier alpha value is -0.480. The standard InChI is InChI=1S/C8H12N2OS/c11-8-1-3-9(4-2-8)10-5-6-12-7-10/h5-6H,1-4,7H2. The van der Waals surface area contributed by atoms with Crippen LogP contribution in [-0.2, 0) is 4.79 Å². The molecule has 0 N–H and O–H groups in total. The monoisotopic (exact) mass is 184 g/mol. The Labute approximate surface area is 76.4 Å². The van der Waals surface area contributed by atoms with Gasteiger partial charge < -0.3 is 5.01 Å². The molecule has 0 aromatic heterocycles. The van der Waals surface area contributed by atoms with Crippen molar-refractivity contribution in [2.24, 2.45) is 0 Å². The van der Waals surface area contributed by atoms with Crippen molar-refractivity contribution in [3.63, 3.8) is 0 Å². The maximum atomic E-state index is 11.0. The SMILES string of the molecule is O=C1CCN(N2C=CSC2)CC1. The summed E-state index contributed by atoms with van der Waals surface area (Å²) in [5, 5.41) is 6.53. The fourth-order valence-electron chi connectivity index (χ4n) is 1.45. The van der Waals surface area contributed by atoms with Crippen LogP contribution >= 0.6 is 11.8 Å². The Morgan fingerprint density at radius 3 is 2.67 bits per heavy atom. The average molecular weight is 184 g/mol. The van der Waals surface area contributed by atoms with Crippen LogP contribution in [0.1, 0.15) is 12.8 Å². The van der Waals surface area contributed by atoms with Crippen LogP contribution in [0.25, 0.3) is 0 Å². The Kier molecular flexibility index (Phi) is 2.37. The molecule has 1 saturated heterocycles.